The summed E-state index contributed by atoms with van der Waals surface area (Å²) in [5.74, 6) is -0.500. The maximum Gasteiger partial charge on any atom is 0.357 e. The zero-order chi connectivity index (χ0) is 13.0. The van der Waals surface area contributed by atoms with E-state index in [1.807, 2.05) is 18.2 Å². The van der Waals surface area contributed by atoms with Crippen molar-refractivity contribution in [2.24, 2.45) is 0 Å². The van der Waals surface area contributed by atoms with Crippen molar-refractivity contribution in [2.45, 2.75) is 0 Å². The van der Waals surface area contributed by atoms with Crippen molar-refractivity contribution in [2.75, 3.05) is 20.3 Å². The van der Waals surface area contributed by atoms with Gasteiger partial charge >= 0.3 is 5.97 Å². The molecule has 0 amide bonds. The van der Waals surface area contributed by atoms with E-state index < -0.39 is 5.97 Å². The summed E-state index contributed by atoms with van der Waals surface area (Å²) >= 11 is 6.10. The lowest BCUT2D eigenvalue weighted by Gasteiger charge is -2.05. The molecule has 2 rings (SSSR count). The second-order valence-electron chi connectivity index (χ2n) is 3.64. The fourth-order valence-electron chi connectivity index (χ4n) is 1.53. The van der Waals surface area contributed by atoms with Crippen LogP contribution < -0.4 is 0 Å². The van der Waals surface area contributed by atoms with E-state index in [2.05, 4.69) is 4.98 Å². The Morgan fingerprint density at radius 3 is 2.89 bits per heavy atom. The predicted molar refractivity (Wildman–Crippen MR) is 68.9 cm³/mol. The molecule has 0 atom stereocenters. The molecule has 0 aliphatic rings. The largest absolute Gasteiger partial charge is 0.459 e. The molecule has 1 aromatic carbocycles. The predicted octanol–water partition coefficient (Wildman–Crippen LogP) is 2.69. The van der Waals surface area contributed by atoms with Crippen LogP contribution in [0.1, 0.15) is 10.5 Å². The maximum absolute atomic E-state index is 11.7. The molecule has 0 saturated heterocycles. The summed E-state index contributed by atoms with van der Waals surface area (Å²) in [5.41, 5.74) is 0.874. The number of para-hydroxylation sites is 1. The Morgan fingerprint density at radius 1 is 1.33 bits per heavy atom. The van der Waals surface area contributed by atoms with Crippen LogP contribution >= 0.6 is 11.6 Å². The highest BCUT2D eigenvalue weighted by Crippen LogP contribution is 2.22. The Bertz CT molecular complexity index is 571. The summed E-state index contributed by atoms with van der Waals surface area (Å²) in [6.45, 7) is 0.550. The number of halogens is 1. The van der Waals surface area contributed by atoms with Crippen LogP contribution in [-0.4, -0.2) is 31.3 Å². The fourth-order valence-corrected chi connectivity index (χ4v) is 1.79. The molecule has 0 spiro atoms. The van der Waals surface area contributed by atoms with Crippen LogP contribution in [0, 0.1) is 0 Å². The highest BCUT2D eigenvalue weighted by molar-refractivity contribution is 6.35. The number of ether oxygens (including phenoxy) is 2. The normalized spacial score (nSPS) is 10.6. The summed E-state index contributed by atoms with van der Waals surface area (Å²) in [5, 5.41) is 1.30. The summed E-state index contributed by atoms with van der Waals surface area (Å²) < 4.78 is 9.79. The minimum atomic E-state index is -0.500. The van der Waals surface area contributed by atoms with Gasteiger partial charge in [0, 0.05) is 12.5 Å². The number of carbonyl (C=O) groups excluding carboxylic acids is 1. The van der Waals surface area contributed by atoms with Gasteiger partial charge in [-0.15, -0.1) is 0 Å². The van der Waals surface area contributed by atoms with Crippen molar-refractivity contribution < 1.29 is 14.3 Å². The molecular formula is C13H12ClNO3. The first-order chi connectivity index (χ1) is 8.72. The van der Waals surface area contributed by atoms with Gasteiger partial charge in [-0.25, -0.2) is 9.78 Å². The Labute approximate surface area is 109 Å². The molecule has 2 aromatic rings. The summed E-state index contributed by atoms with van der Waals surface area (Å²) in [6, 6.07) is 8.87. The first-order valence-electron chi connectivity index (χ1n) is 5.43. The van der Waals surface area contributed by atoms with Gasteiger partial charge in [0.1, 0.15) is 6.61 Å². The molecule has 0 saturated carbocycles. The minimum Gasteiger partial charge on any atom is -0.459 e. The number of esters is 1. The molecule has 0 radical (unpaired) electrons. The SMILES string of the molecule is COCCOC(=O)c1cc(Cl)c2ccccc2n1. The van der Waals surface area contributed by atoms with Crippen LogP contribution in [0.3, 0.4) is 0 Å². The van der Waals surface area contributed by atoms with Crippen LogP contribution in [0.5, 0.6) is 0 Å². The van der Waals surface area contributed by atoms with Gasteiger partial charge in [-0.3, -0.25) is 0 Å². The van der Waals surface area contributed by atoms with E-state index in [1.165, 1.54) is 6.07 Å². The van der Waals surface area contributed by atoms with Gasteiger partial charge in [0.05, 0.1) is 17.1 Å². The van der Waals surface area contributed by atoms with Gasteiger partial charge in [0.15, 0.2) is 5.69 Å². The van der Waals surface area contributed by atoms with E-state index in [-0.39, 0.29) is 12.3 Å². The third kappa shape index (κ3) is 2.78. The number of carbonyl (C=O) groups is 1. The third-order valence-corrected chi connectivity index (χ3v) is 2.71. The average molecular weight is 266 g/mol. The maximum atomic E-state index is 11.7. The van der Waals surface area contributed by atoms with Gasteiger partial charge in [0.25, 0.3) is 0 Å². The van der Waals surface area contributed by atoms with E-state index in [4.69, 9.17) is 21.1 Å². The number of benzene rings is 1. The van der Waals surface area contributed by atoms with Gasteiger partial charge in [0.2, 0.25) is 0 Å². The van der Waals surface area contributed by atoms with E-state index in [1.54, 1.807) is 13.2 Å². The zero-order valence-electron chi connectivity index (χ0n) is 9.85. The molecule has 0 N–H and O–H groups in total. The summed E-state index contributed by atoms with van der Waals surface area (Å²) in [6.07, 6.45) is 0. The number of rotatable bonds is 4. The lowest BCUT2D eigenvalue weighted by molar-refractivity contribution is 0.0382. The van der Waals surface area contributed by atoms with Crippen LogP contribution in [0.15, 0.2) is 30.3 Å². The quantitative estimate of drug-likeness (QED) is 0.630. The number of hydrogen-bond donors (Lipinski definition) is 0. The van der Waals surface area contributed by atoms with E-state index in [0.717, 1.165) is 5.39 Å². The molecule has 94 valence electrons. The van der Waals surface area contributed by atoms with E-state index >= 15 is 0 Å². The smallest absolute Gasteiger partial charge is 0.357 e. The van der Waals surface area contributed by atoms with Crippen molar-refractivity contribution in [1.29, 1.82) is 0 Å². The van der Waals surface area contributed by atoms with Crippen molar-refractivity contribution in [3.8, 4) is 0 Å². The molecule has 0 aliphatic heterocycles. The lowest BCUT2D eigenvalue weighted by atomic mass is 10.2. The van der Waals surface area contributed by atoms with Crippen molar-refractivity contribution >= 4 is 28.5 Å². The van der Waals surface area contributed by atoms with Gasteiger partial charge < -0.3 is 9.47 Å². The average Bonchev–Trinajstić information content (AvgIpc) is 2.39. The van der Waals surface area contributed by atoms with Crippen LogP contribution in [-0.2, 0) is 9.47 Å². The standard InChI is InChI=1S/C13H12ClNO3/c1-17-6-7-18-13(16)12-8-10(14)9-4-2-3-5-11(9)15-12/h2-5,8H,6-7H2,1H3. The Morgan fingerprint density at radius 2 is 2.11 bits per heavy atom. The lowest BCUT2D eigenvalue weighted by Crippen LogP contribution is -2.11. The Hall–Kier alpha value is -1.65. The zero-order valence-corrected chi connectivity index (χ0v) is 10.6. The molecule has 5 heteroatoms. The fraction of sp³-hybridized carbons (Fsp3) is 0.231. The number of pyridine rings is 1. The first kappa shape index (κ1) is 12.8. The van der Waals surface area contributed by atoms with Crippen LogP contribution in [0.4, 0.5) is 0 Å². The van der Waals surface area contributed by atoms with Crippen LogP contribution in [0.2, 0.25) is 5.02 Å². The Kier molecular flexibility index (Phi) is 4.12. The molecule has 0 bridgehead atoms. The molecule has 0 fully saturated rings. The first-order valence-corrected chi connectivity index (χ1v) is 5.81. The number of fused-ring (bicyclic) bond motifs is 1. The molecule has 1 aromatic heterocycles. The monoisotopic (exact) mass is 265 g/mol. The van der Waals surface area contributed by atoms with Gasteiger partial charge in [-0.2, -0.15) is 0 Å². The van der Waals surface area contributed by atoms with E-state index in [9.17, 15) is 4.79 Å². The topological polar surface area (TPSA) is 48.4 Å². The highest BCUT2D eigenvalue weighted by Gasteiger charge is 2.12. The van der Waals surface area contributed by atoms with Crippen molar-refractivity contribution in [3.63, 3.8) is 0 Å². The minimum absolute atomic E-state index is 0.196. The van der Waals surface area contributed by atoms with Crippen molar-refractivity contribution in [3.05, 3.63) is 41.0 Å². The number of aromatic nitrogens is 1. The second kappa shape index (κ2) is 5.80. The number of methoxy groups -OCH3 is 1. The second-order valence-corrected chi connectivity index (χ2v) is 4.04. The Balaban J connectivity index is 2.26. The molecular weight excluding hydrogens is 254 g/mol. The van der Waals surface area contributed by atoms with Crippen LogP contribution in [0.25, 0.3) is 10.9 Å². The summed E-state index contributed by atoms with van der Waals surface area (Å²) in [7, 11) is 1.54. The van der Waals surface area contributed by atoms with Crippen molar-refractivity contribution in [1.82, 2.24) is 4.98 Å². The van der Waals surface area contributed by atoms with E-state index in [0.29, 0.717) is 17.1 Å². The highest BCUT2D eigenvalue weighted by atomic mass is 35.5. The van der Waals surface area contributed by atoms with Gasteiger partial charge in [-0.05, 0) is 12.1 Å². The molecule has 0 aliphatic carbocycles. The number of hydrogen-bond acceptors (Lipinski definition) is 4. The third-order valence-electron chi connectivity index (χ3n) is 2.40. The molecule has 0 unspecified atom stereocenters. The number of nitrogens with zero attached hydrogens (tertiary/aromatic N) is 1. The van der Waals surface area contributed by atoms with Gasteiger partial charge in [-0.1, -0.05) is 29.8 Å². The molecule has 1 heterocycles. The molecule has 4 nitrogen and oxygen atoms in total. The molecule has 18 heavy (non-hydrogen) atoms. The summed E-state index contributed by atoms with van der Waals surface area (Å²) in [4.78, 5) is 15.9.